The van der Waals surface area contributed by atoms with Crippen molar-refractivity contribution in [3.63, 3.8) is 0 Å². The molecule has 1 N–H and O–H groups in total. The van der Waals surface area contributed by atoms with Crippen LogP contribution in [0.25, 0.3) is 0 Å². The second kappa shape index (κ2) is 7.09. The minimum absolute atomic E-state index is 0.177. The van der Waals surface area contributed by atoms with Crippen LogP contribution in [-0.2, 0) is 6.54 Å². The Labute approximate surface area is 124 Å². The number of nitrogens with zero attached hydrogens (tertiary/aromatic N) is 3. The number of anilines is 1. The van der Waals surface area contributed by atoms with Crippen molar-refractivity contribution < 1.29 is 0 Å². The third-order valence-corrected chi connectivity index (χ3v) is 4.21. The van der Waals surface area contributed by atoms with Crippen molar-refractivity contribution in [1.82, 2.24) is 15.1 Å². The molecule has 2 rings (SSSR count). The summed E-state index contributed by atoms with van der Waals surface area (Å²) in [5.41, 5.74) is 0.607. The summed E-state index contributed by atoms with van der Waals surface area (Å²) < 4.78 is 1.44. The summed E-state index contributed by atoms with van der Waals surface area (Å²) in [6.45, 7) is 5.55. The van der Waals surface area contributed by atoms with Gasteiger partial charge in [0.2, 0.25) is 0 Å². The van der Waals surface area contributed by atoms with Crippen molar-refractivity contribution in [1.29, 1.82) is 0 Å². The van der Waals surface area contributed by atoms with E-state index in [1.165, 1.54) is 4.68 Å². The number of hydrogen-bond donors (Lipinski definition) is 1. The fraction of sp³-hybridized carbons (Fsp3) is 0.714. The van der Waals surface area contributed by atoms with Gasteiger partial charge in [-0.1, -0.05) is 18.5 Å². The molecule has 1 aromatic heterocycles. The van der Waals surface area contributed by atoms with Crippen LogP contribution >= 0.6 is 11.6 Å². The standard InChI is InChI=1S/C14H23ClN4O/c1-3-6-19-14(20)13(15)12(10-17-19)18-7-4-11(5-8-18)9-16-2/h10-11,16H,3-9H2,1-2H3. The lowest BCUT2D eigenvalue weighted by atomic mass is 9.96. The second-order valence-corrected chi connectivity index (χ2v) is 5.74. The van der Waals surface area contributed by atoms with E-state index in [4.69, 9.17) is 11.6 Å². The Kier molecular flexibility index (Phi) is 5.43. The molecular weight excluding hydrogens is 276 g/mol. The van der Waals surface area contributed by atoms with E-state index in [1.54, 1.807) is 6.20 Å². The molecule has 1 aliphatic heterocycles. The van der Waals surface area contributed by atoms with E-state index in [9.17, 15) is 4.79 Å². The van der Waals surface area contributed by atoms with Gasteiger partial charge in [-0.05, 0) is 38.8 Å². The number of aryl methyl sites for hydroxylation is 1. The van der Waals surface area contributed by atoms with Gasteiger partial charge in [-0.3, -0.25) is 4.79 Å². The molecule has 1 aliphatic rings. The van der Waals surface area contributed by atoms with Crippen molar-refractivity contribution in [2.24, 2.45) is 5.92 Å². The highest BCUT2D eigenvalue weighted by Crippen LogP contribution is 2.26. The van der Waals surface area contributed by atoms with Gasteiger partial charge in [-0.25, -0.2) is 4.68 Å². The lowest BCUT2D eigenvalue weighted by Gasteiger charge is -2.33. The molecule has 1 saturated heterocycles. The van der Waals surface area contributed by atoms with Gasteiger partial charge >= 0.3 is 0 Å². The second-order valence-electron chi connectivity index (χ2n) is 5.36. The van der Waals surface area contributed by atoms with E-state index >= 15 is 0 Å². The zero-order chi connectivity index (χ0) is 14.5. The third kappa shape index (κ3) is 3.33. The van der Waals surface area contributed by atoms with Crippen molar-refractivity contribution in [2.45, 2.75) is 32.7 Å². The van der Waals surface area contributed by atoms with Crippen molar-refractivity contribution in [3.8, 4) is 0 Å². The first-order valence-electron chi connectivity index (χ1n) is 7.32. The SMILES string of the molecule is CCCn1ncc(N2CCC(CNC)CC2)c(Cl)c1=O. The van der Waals surface area contributed by atoms with Gasteiger partial charge in [-0.15, -0.1) is 0 Å². The summed E-state index contributed by atoms with van der Waals surface area (Å²) in [7, 11) is 1.99. The zero-order valence-corrected chi connectivity index (χ0v) is 13.0. The van der Waals surface area contributed by atoms with Crippen LogP contribution in [0.2, 0.25) is 5.02 Å². The van der Waals surface area contributed by atoms with Crippen LogP contribution in [0.1, 0.15) is 26.2 Å². The highest BCUT2D eigenvalue weighted by Gasteiger charge is 2.22. The minimum Gasteiger partial charge on any atom is -0.369 e. The maximum absolute atomic E-state index is 12.1. The van der Waals surface area contributed by atoms with Gasteiger partial charge in [0.1, 0.15) is 5.02 Å². The van der Waals surface area contributed by atoms with Crippen LogP contribution in [0.15, 0.2) is 11.0 Å². The maximum atomic E-state index is 12.1. The van der Waals surface area contributed by atoms with Crippen molar-refractivity contribution in [2.75, 3.05) is 31.6 Å². The van der Waals surface area contributed by atoms with E-state index in [0.29, 0.717) is 17.5 Å². The first-order valence-corrected chi connectivity index (χ1v) is 7.70. The Hall–Kier alpha value is -1.07. The van der Waals surface area contributed by atoms with Gasteiger partial charge in [0.15, 0.2) is 0 Å². The molecule has 0 aromatic carbocycles. The zero-order valence-electron chi connectivity index (χ0n) is 12.2. The van der Waals surface area contributed by atoms with Crippen LogP contribution in [0.3, 0.4) is 0 Å². The van der Waals surface area contributed by atoms with Crippen LogP contribution in [-0.4, -0.2) is 36.5 Å². The Balaban J connectivity index is 2.11. The molecule has 0 radical (unpaired) electrons. The van der Waals surface area contributed by atoms with E-state index in [0.717, 1.165) is 44.6 Å². The molecule has 1 aromatic rings. The van der Waals surface area contributed by atoms with Gasteiger partial charge in [0, 0.05) is 19.6 Å². The average Bonchev–Trinajstić information content (AvgIpc) is 2.46. The molecule has 2 heterocycles. The van der Waals surface area contributed by atoms with Crippen LogP contribution in [0.5, 0.6) is 0 Å². The van der Waals surface area contributed by atoms with Crippen LogP contribution in [0, 0.1) is 5.92 Å². The first-order chi connectivity index (χ1) is 9.67. The lowest BCUT2D eigenvalue weighted by molar-refractivity contribution is 0.393. The normalized spacial score (nSPS) is 16.6. The molecule has 6 heteroatoms. The first kappa shape index (κ1) is 15.3. The molecule has 20 heavy (non-hydrogen) atoms. The summed E-state index contributed by atoms with van der Waals surface area (Å²) in [6.07, 6.45) is 4.85. The van der Waals surface area contributed by atoms with E-state index < -0.39 is 0 Å². The van der Waals surface area contributed by atoms with Gasteiger partial charge in [0.25, 0.3) is 5.56 Å². The Morgan fingerprint density at radius 3 is 2.75 bits per heavy atom. The molecule has 0 aliphatic carbocycles. The van der Waals surface area contributed by atoms with Gasteiger partial charge < -0.3 is 10.2 Å². The highest BCUT2D eigenvalue weighted by atomic mass is 35.5. The van der Waals surface area contributed by atoms with Crippen LogP contribution in [0.4, 0.5) is 5.69 Å². The molecule has 0 unspecified atom stereocenters. The smallest absolute Gasteiger partial charge is 0.287 e. The maximum Gasteiger partial charge on any atom is 0.287 e. The molecule has 0 amide bonds. The summed E-state index contributed by atoms with van der Waals surface area (Å²) >= 11 is 6.24. The van der Waals surface area contributed by atoms with Crippen molar-refractivity contribution >= 4 is 17.3 Å². The van der Waals surface area contributed by atoms with Crippen molar-refractivity contribution in [3.05, 3.63) is 21.6 Å². The summed E-state index contributed by atoms with van der Waals surface area (Å²) in [6, 6.07) is 0. The molecule has 0 saturated carbocycles. The molecule has 1 fully saturated rings. The Bertz CT molecular complexity index is 494. The average molecular weight is 299 g/mol. The molecule has 0 spiro atoms. The van der Waals surface area contributed by atoms with E-state index in [-0.39, 0.29) is 5.56 Å². The summed E-state index contributed by atoms with van der Waals surface area (Å²) in [5, 5.41) is 7.75. The quantitative estimate of drug-likeness (QED) is 0.900. The third-order valence-electron chi connectivity index (χ3n) is 3.85. The molecule has 112 valence electrons. The number of rotatable bonds is 5. The fourth-order valence-electron chi connectivity index (χ4n) is 2.71. The molecule has 0 atom stereocenters. The van der Waals surface area contributed by atoms with E-state index in [1.807, 2.05) is 14.0 Å². The topological polar surface area (TPSA) is 50.2 Å². The number of halogens is 1. The molecule has 0 bridgehead atoms. The molecule has 5 nitrogen and oxygen atoms in total. The fourth-order valence-corrected chi connectivity index (χ4v) is 2.98. The number of nitrogens with one attached hydrogen (secondary N) is 1. The summed E-state index contributed by atoms with van der Waals surface area (Å²) in [4.78, 5) is 14.3. The molecular formula is C14H23ClN4O. The highest BCUT2D eigenvalue weighted by molar-refractivity contribution is 6.33. The predicted molar refractivity (Wildman–Crippen MR) is 82.7 cm³/mol. The van der Waals surface area contributed by atoms with E-state index in [2.05, 4.69) is 15.3 Å². The lowest BCUT2D eigenvalue weighted by Crippen LogP contribution is -2.38. The number of hydrogen-bond acceptors (Lipinski definition) is 4. The Morgan fingerprint density at radius 1 is 1.45 bits per heavy atom. The predicted octanol–water partition coefficient (Wildman–Crippen LogP) is 1.74. The minimum atomic E-state index is -0.177. The number of aromatic nitrogens is 2. The van der Waals surface area contributed by atoms with Gasteiger partial charge in [-0.2, -0.15) is 5.10 Å². The monoisotopic (exact) mass is 298 g/mol. The largest absolute Gasteiger partial charge is 0.369 e. The summed E-state index contributed by atoms with van der Waals surface area (Å²) in [5.74, 6) is 0.712. The Morgan fingerprint density at radius 2 is 2.15 bits per heavy atom. The number of piperidine rings is 1. The van der Waals surface area contributed by atoms with Gasteiger partial charge in [0.05, 0.1) is 11.9 Å². The van der Waals surface area contributed by atoms with Crippen LogP contribution < -0.4 is 15.8 Å².